The number of hydrogen-bond acceptors (Lipinski definition) is 3. The van der Waals surface area contributed by atoms with Crippen LogP contribution in [-0.4, -0.2) is 24.8 Å². The van der Waals surface area contributed by atoms with Gasteiger partial charge in [-0.1, -0.05) is 32.3 Å². The summed E-state index contributed by atoms with van der Waals surface area (Å²) in [6, 6.07) is 12.6. The smallest absolute Gasteiger partial charge is 0.119 e. The van der Waals surface area contributed by atoms with E-state index in [-0.39, 0.29) is 0 Å². The first-order valence-electron chi connectivity index (χ1n) is 10.6. The average molecular weight is 370 g/mol. The van der Waals surface area contributed by atoms with Crippen molar-refractivity contribution in [1.82, 2.24) is 4.98 Å². The molecule has 1 aromatic carbocycles. The molecule has 0 saturated carbocycles. The molecule has 0 aliphatic heterocycles. The predicted molar refractivity (Wildman–Crippen MR) is 113 cm³/mol. The Kier molecular flexibility index (Phi) is 10.6. The minimum Gasteiger partial charge on any atom is -0.494 e. The maximum atomic E-state index is 5.83. The molecule has 0 spiro atoms. The molecule has 3 heteroatoms. The van der Waals surface area contributed by atoms with Crippen LogP contribution >= 0.6 is 0 Å². The molecule has 0 bridgehead atoms. The Morgan fingerprint density at radius 3 is 2.26 bits per heavy atom. The van der Waals surface area contributed by atoms with Gasteiger partial charge < -0.3 is 9.47 Å². The number of benzene rings is 1. The van der Waals surface area contributed by atoms with Gasteiger partial charge in [0.1, 0.15) is 5.75 Å². The second-order valence-corrected chi connectivity index (χ2v) is 6.99. The number of aryl methyl sites for hydroxylation is 1. The van der Waals surface area contributed by atoms with E-state index in [0.29, 0.717) is 0 Å². The first-order chi connectivity index (χ1) is 13.3. The lowest BCUT2D eigenvalue weighted by Crippen LogP contribution is -1.99. The van der Waals surface area contributed by atoms with Crippen LogP contribution < -0.4 is 4.74 Å². The van der Waals surface area contributed by atoms with Crippen LogP contribution in [0.15, 0.2) is 42.6 Å². The highest BCUT2D eigenvalue weighted by Gasteiger charge is 2.02. The van der Waals surface area contributed by atoms with Gasteiger partial charge in [-0.15, -0.1) is 0 Å². The van der Waals surface area contributed by atoms with Gasteiger partial charge in [0, 0.05) is 25.0 Å². The van der Waals surface area contributed by atoms with Crippen LogP contribution in [0.5, 0.6) is 5.75 Å². The van der Waals surface area contributed by atoms with Gasteiger partial charge in [0.05, 0.1) is 12.3 Å². The molecule has 0 saturated heterocycles. The average Bonchev–Trinajstić information content (AvgIpc) is 2.71. The van der Waals surface area contributed by atoms with Crippen molar-refractivity contribution in [3.05, 3.63) is 48.2 Å². The molecule has 0 aliphatic carbocycles. The lowest BCUT2D eigenvalue weighted by molar-refractivity contribution is 0.141. The zero-order valence-corrected chi connectivity index (χ0v) is 17.1. The normalized spacial score (nSPS) is 10.9. The zero-order valence-electron chi connectivity index (χ0n) is 17.1. The summed E-state index contributed by atoms with van der Waals surface area (Å²) >= 11 is 0. The highest BCUT2D eigenvalue weighted by molar-refractivity contribution is 5.60. The fourth-order valence-corrected chi connectivity index (χ4v) is 3.04. The van der Waals surface area contributed by atoms with Crippen molar-refractivity contribution >= 4 is 0 Å². The second-order valence-electron chi connectivity index (χ2n) is 6.99. The van der Waals surface area contributed by atoms with E-state index < -0.39 is 0 Å². The third kappa shape index (κ3) is 8.57. The van der Waals surface area contributed by atoms with E-state index in [9.17, 15) is 0 Å². The Morgan fingerprint density at radius 1 is 0.778 bits per heavy atom. The molecular weight excluding hydrogens is 334 g/mol. The molecule has 2 aromatic rings. The van der Waals surface area contributed by atoms with Gasteiger partial charge in [-0.2, -0.15) is 0 Å². The van der Waals surface area contributed by atoms with Crippen LogP contribution in [0.25, 0.3) is 11.3 Å². The van der Waals surface area contributed by atoms with E-state index in [0.717, 1.165) is 62.5 Å². The number of aromatic nitrogens is 1. The van der Waals surface area contributed by atoms with Crippen molar-refractivity contribution in [3.8, 4) is 17.0 Å². The lowest BCUT2D eigenvalue weighted by Gasteiger charge is -2.08. The molecule has 0 N–H and O–H groups in total. The first-order valence-corrected chi connectivity index (χ1v) is 10.6. The summed E-state index contributed by atoms with van der Waals surface area (Å²) in [5, 5.41) is 0. The molecule has 0 fully saturated rings. The topological polar surface area (TPSA) is 31.4 Å². The maximum absolute atomic E-state index is 5.83. The molecule has 1 heterocycles. The summed E-state index contributed by atoms with van der Waals surface area (Å²) in [6.45, 7) is 6.70. The number of pyridine rings is 1. The SMILES string of the molecule is CCCCCCc1ccc(-c2ccc(OCCCCCOCC)cc2)nc1. The third-order valence-corrected chi connectivity index (χ3v) is 4.70. The van der Waals surface area contributed by atoms with E-state index in [4.69, 9.17) is 9.47 Å². The van der Waals surface area contributed by atoms with Gasteiger partial charge in [0.25, 0.3) is 0 Å². The number of ether oxygens (including phenoxy) is 2. The van der Waals surface area contributed by atoms with Crippen molar-refractivity contribution in [2.75, 3.05) is 19.8 Å². The second kappa shape index (κ2) is 13.3. The van der Waals surface area contributed by atoms with Gasteiger partial charge in [0.15, 0.2) is 0 Å². The molecule has 2 rings (SSSR count). The third-order valence-electron chi connectivity index (χ3n) is 4.70. The van der Waals surface area contributed by atoms with Gasteiger partial charge >= 0.3 is 0 Å². The van der Waals surface area contributed by atoms with Gasteiger partial charge in [-0.25, -0.2) is 0 Å². The molecule has 3 nitrogen and oxygen atoms in total. The van der Waals surface area contributed by atoms with Crippen molar-refractivity contribution in [3.63, 3.8) is 0 Å². The molecule has 0 radical (unpaired) electrons. The summed E-state index contributed by atoms with van der Waals surface area (Å²) in [6.07, 6.45) is 11.6. The summed E-state index contributed by atoms with van der Waals surface area (Å²) < 4.78 is 11.2. The molecule has 27 heavy (non-hydrogen) atoms. The maximum Gasteiger partial charge on any atom is 0.119 e. The van der Waals surface area contributed by atoms with Gasteiger partial charge in [-0.05, 0) is 74.9 Å². The van der Waals surface area contributed by atoms with E-state index in [2.05, 4.69) is 36.2 Å². The molecule has 1 aromatic heterocycles. The summed E-state index contributed by atoms with van der Waals surface area (Å²) in [4.78, 5) is 4.64. The molecule has 0 aliphatic rings. The Balaban J connectivity index is 1.72. The Bertz CT molecular complexity index is 607. The van der Waals surface area contributed by atoms with Crippen LogP contribution in [0.4, 0.5) is 0 Å². The van der Waals surface area contributed by atoms with Crippen LogP contribution in [-0.2, 0) is 11.2 Å². The van der Waals surface area contributed by atoms with E-state index in [1.54, 1.807) is 0 Å². The van der Waals surface area contributed by atoms with Crippen LogP contribution in [0.3, 0.4) is 0 Å². The summed E-state index contributed by atoms with van der Waals surface area (Å²) in [7, 11) is 0. The number of rotatable bonds is 14. The molecular formula is C24H35NO2. The number of hydrogen-bond donors (Lipinski definition) is 0. The van der Waals surface area contributed by atoms with E-state index in [1.165, 1.54) is 31.2 Å². The summed E-state index contributed by atoms with van der Waals surface area (Å²) in [5.41, 5.74) is 3.49. The largest absolute Gasteiger partial charge is 0.494 e. The Morgan fingerprint density at radius 2 is 1.56 bits per heavy atom. The highest BCUT2D eigenvalue weighted by Crippen LogP contribution is 2.21. The summed E-state index contributed by atoms with van der Waals surface area (Å²) in [5.74, 6) is 0.927. The van der Waals surface area contributed by atoms with Crippen LogP contribution in [0.1, 0.15) is 64.4 Å². The van der Waals surface area contributed by atoms with Crippen molar-refractivity contribution in [2.24, 2.45) is 0 Å². The Hall–Kier alpha value is -1.87. The van der Waals surface area contributed by atoms with E-state index in [1.807, 2.05) is 25.3 Å². The predicted octanol–water partition coefficient (Wildman–Crippen LogP) is 6.46. The van der Waals surface area contributed by atoms with Crippen LogP contribution in [0.2, 0.25) is 0 Å². The molecule has 0 unspecified atom stereocenters. The standard InChI is InChI=1S/C24H35NO2/c1-3-5-6-8-11-21-12-17-24(25-20-21)22-13-15-23(16-14-22)27-19-10-7-9-18-26-4-2/h12-17,20H,3-11,18-19H2,1-2H3. The molecule has 0 atom stereocenters. The van der Waals surface area contributed by atoms with Crippen molar-refractivity contribution in [2.45, 2.75) is 65.2 Å². The quantitative estimate of drug-likeness (QED) is 0.358. The van der Waals surface area contributed by atoms with Crippen molar-refractivity contribution < 1.29 is 9.47 Å². The lowest BCUT2D eigenvalue weighted by atomic mass is 10.1. The van der Waals surface area contributed by atoms with Gasteiger partial charge in [0.2, 0.25) is 0 Å². The molecule has 0 amide bonds. The Labute approximate surface area is 165 Å². The van der Waals surface area contributed by atoms with Gasteiger partial charge in [-0.3, -0.25) is 4.98 Å². The molecule has 148 valence electrons. The fraction of sp³-hybridized carbons (Fsp3) is 0.542. The first kappa shape index (κ1) is 21.4. The monoisotopic (exact) mass is 369 g/mol. The fourth-order valence-electron chi connectivity index (χ4n) is 3.04. The zero-order chi connectivity index (χ0) is 19.2. The number of unbranched alkanes of at least 4 members (excludes halogenated alkanes) is 5. The highest BCUT2D eigenvalue weighted by atomic mass is 16.5. The van der Waals surface area contributed by atoms with E-state index >= 15 is 0 Å². The number of nitrogens with zero attached hydrogens (tertiary/aromatic N) is 1. The minimum atomic E-state index is 0.760. The minimum absolute atomic E-state index is 0.760. The van der Waals surface area contributed by atoms with Crippen LogP contribution in [0, 0.1) is 0 Å². The van der Waals surface area contributed by atoms with Crippen molar-refractivity contribution in [1.29, 1.82) is 0 Å².